The second-order valence-corrected chi connectivity index (χ2v) is 9.74. The minimum Gasteiger partial charge on any atom is -0.454 e. The number of rotatable bonds is 5. The number of β-amino-alcohol motifs (C(OH)–C–C–N with tert-alkyl or cyclic N) is 1. The van der Waals surface area contributed by atoms with Crippen LogP contribution in [0.15, 0.2) is 29.8 Å². The summed E-state index contributed by atoms with van der Waals surface area (Å²) in [6.07, 6.45) is 2.30. The molecule has 7 nitrogen and oxygen atoms in total. The summed E-state index contributed by atoms with van der Waals surface area (Å²) >= 11 is 0. The Labute approximate surface area is 184 Å². The number of piperidine rings is 1. The van der Waals surface area contributed by atoms with Crippen LogP contribution in [0.2, 0.25) is 0 Å². The summed E-state index contributed by atoms with van der Waals surface area (Å²) in [6.45, 7) is 7.04. The maximum atomic E-state index is 11.9. The first-order valence-electron chi connectivity index (χ1n) is 11.1. The van der Waals surface area contributed by atoms with Crippen molar-refractivity contribution < 1.29 is 29.5 Å². The minimum absolute atomic E-state index is 0.225. The van der Waals surface area contributed by atoms with E-state index in [0.717, 1.165) is 17.1 Å². The summed E-state index contributed by atoms with van der Waals surface area (Å²) in [5, 5.41) is 34.1. The van der Waals surface area contributed by atoms with Gasteiger partial charge in [0.1, 0.15) is 0 Å². The van der Waals surface area contributed by atoms with Gasteiger partial charge in [0.15, 0.2) is 11.5 Å². The second-order valence-electron chi connectivity index (χ2n) is 9.74. The number of fused-ring (bicyclic) bond motifs is 2. The van der Waals surface area contributed by atoms with E-state index in [0.29, 0.717) is 32.4 Å². The summed E-state index contributed by atoms with van der Waals surface area (Å²) in [5.74, 6) is 0.870. The highest BCUT2D eigenvalue weighted by Crippen LogP contribution is 2.49. The lowest BCUT2D eigenvalue weighted by molar-refractivity contribution is -0.266. The molecule has 0 bridgehead atoms. The van der Waals surface area contributed by atoms with Crippen molar-refractivity contribution in [2.45, 2.75) is 76.0 Å². The van der Waals surface area contributed by atoms with E-state index in [2.05, 4.69) is 11.0 Å². The lowest BCUT2D eigenvalue weighted by atomic mass is 9.59. The fourth-order valence-electron chi connectivity index (χ4n) is 5.81. The Hall–Kier alpha value is -1.64. The molecule has 0 radical (unpaired) electrons. The summed E-state index contributed by atoms with van der Waals surface area (Å²) in [5.41, 5.74) is -0.214. The van der Waals surface area contributed by atoms with Gasteiger partial charge in [0, 0.05) is 32.2 Å². The molecule has 0 unspecified atom stereocenters. The Morgan fingerprint density at radius 2 is 2.00 bits per heavy atom. The van der Waals surface area contributed by atoms with E-state index in [1.165, 1.54) is 5.57 Å². The van der Waals surface area contributed by atoms with Crippen molar-refractivity contribution in [1.82, 2.24) is 4.90 Å². The second kappa shape index (κ2) is 8.37. The predicted octanol–water partition coefficient (Wildman–Crippen LogP) is 2.22. The van der Waals surface area contributed by atoms with Gasteiger partial charge in [0.25, 0.3) is 0 Å². The number of nitrogens with zero attached hydrogens (tertiary/aromatic N) is 1. The maximum absolute atomic E-state index is 11.9. The number of likely N-dealkylation sites (tertiary alicyclic amines) is 1. The fraction of sp³-hybridized carbons (Fsp3) is 0.667. The standard InChI is InChI=1S/C24H35NO6/c1-15(2)5-8-20-23(3,27)22-21(29-4)17(26)9-10-24(22,28)13-25(20)12-16-6-7-18-19(11-16)31-14-30-18/h5-7,11,17,20-22,26-28H,8-10,12-14H2,1-4H3/t17-,20+,21-,22-,23+,24+/m1/s1. The van der Waals surface area contributed by atoms with Crippen LogP contribution in [-0.2, 0) is 11.3 Å². The molecular weight excluding hydrogens is 398 g/mol. The smallest absolute Gasteiger partial charge is 0.231 e. The van der Waals surface area contributed by atoms with Crippen molar-refractivity contribution in [1.29, 1.82) is 0 Å². The van der Waals surface area contributed by atoms with E-state index in [1.54, 1.807) is 14.0 Å². The zero-order chi connectivity index (χ0) is 22.4. The molecule has 6 atom stereocenters. The maximum Gasteiger partial charge on any atom is 0.231 e. The van der Waals surface area contributed by atoms with Gasteiger partial charge < -0.3 is 29.5 Å². The minimum atomic E-state index is -1.27. The molecule has 2 fully saturated rings. The molecule has 4 rings (SSSR count). The summed E-state index contributed by atoms with van der Waals surface area (Å²) in [7, 11) is 1.54. The zero-order valence-corrected chi connectivity index (χ0v) is 18.9. The third kappa shape index (κ3) is 4.10. The molecule has 7 heteroatoms. The Morgan fingerprint density at radius 3 is 2.71 bits per heavy atom. The van der Waals surface area contributed by atoms with E-state index in [4.69, 9.17) is 14.2 Å². The van der Waals surface area contributed by atoms with Gasteiger partial charge >= 0.3 is 0 Å². The van der Waals surface area contributed by atoms with Crippen LogP contribution in [0, 0.1) is 5.92 Å². The molecule has 1 aliphatic carbocycles. The van der Waals surface area contributed by atoms with Crippen molar-refractivity contribution in [3.05, 3.63) is 35.4 Å². The van der Waals surface area contributed by atoms with E-state index in [1.807, 2.05) is 32.0 Å². The average Bonchev–Trinajstić information content (AvgIpc) is 3.16. The number of hydrogen-bond acceptors (Lipinski definition) is 7. The Kier molecular flexibility index (Phi) is 6.09. The highest BCUT2D eigenvalue weighted by molar-refractivity contribution is 5.44. The molecule has 31 heavy (non-hydrogen) atoms. The van der Waals surface area contributed by atoms with Crippen LogP contribution < -0.4 is 9.47 Å². The van der Waals surface area contributed by atoms with Gasteiger partial charge in [-0.15, -0.1) is 0 Å². The van der Waals surface area contributed by atoms with Gasteiger partial charge in [0.05, 0.1) is 23.4 Å². The van der Waals surface area contributed by atoms with Gasteiger partial charge in [-0.05, 0) is 57.7 Å². The van der Waals surface area contributed by atoms with Gasteiger partial charge in [-0.1, -0.05) is 17.7 Å². The Balaban J connectivity index is 1.69. The predicted molar refractivity (Wildman–Crippen MR) is 116 cm³/mol. The highest BCUT2D eigenvalue weighted by Gasteiger charge is 2.62. The molecule has 0 spiro atoms. The van der Waals surface area contributed by atoms with Crippen LogP contribution in [0.1, 0.15) is 45.6 Å². The van der Waals surface area contributed by atoms with Crippen LogP contribution in [0.3, 0.4) is 0 Å². The van der Waals surface area contributed by atoms with E-state index >= 15 is 0 Å². The molecule has 1 aromatic rings. The summed E-state index contributed by atoms with van der Waals surface area (Å²) < 4.78 is 16.6. The molecule has 1 aromatic carbocycles. The number of methoxy groups -OCH3 is 1. The zero-order valence-electron chi connectivity index (χ0n) is 18.9. The Bertz CT molecular complexity index is 835. The van der Waals surface area contributed by atoms with Crippen LogP contribution >= 0.6 is 0 Å². The number of aliphatic hydroxyl groups is 3. The van der Waals surface area contributed by atoms with E-state index < -0.39 is 29.3 Å². The lowest BCUT2D eigenvalue weighted by Crippen LogP contribution is -2.75. The molecule has 3 aliphatic rings. The largest absolute Gasteiger partial charge is 0.454 e. The lowest BCUT2D eigenvalue weighted by Gasteiger charge is -2.61. The van der Waals surface area contributed by atoms with Gasteiger partial charge in [-0.3, -0.25) is 4.90 Å². The van der Waals surface area contributed by atoms with Crippen LogP contribution in [0.5, 0.6) is 11.5 Å². The molecule has 2 aliphatic heterocycles. The Morgan fingerprint density at radius 1 is 1.26 bits per heavy atom. The summed E-state index contributed by atoms with van der Waals surface area (Å²) in [4.78, 5) is 2.16. The number of allylic oxidation sites excluding steroid dienone is 1. The SMILES string of the molecule is CO[C@@H]1[C@H](O)CC[C@]2(O)CN(Cc3ccc4c(c3)OCO4)[C@@H](CC=C(C)C)[C@](C)(O)[C@@H]12. The van der Waals surface area contributed by atoms with Crippen molar-refractivity contribution in [2.24, 2.45) is 5.92 Å². The first-order valence-corrected chi connectivity index (χ1v) is 11.1. The number of aliphatic hydroxyl groups excluding tert-OH is 1. The third-order valence-electron chi connectivity index (χ3n) is 7.23. The molecule has 1 saturated carbocycles. The first-order chi connectivity index (χ1) is 14.7. The average molecular weight is 434 g/mol. The molecule has 1 saturated heterocycles. The van der Waals surface area contributed by atoms with Gasteiger partial charge in [-0.25, -0.2) is 0 Å². The highest BCUT2D eigenvalue weighted by atomic mass is 16.7. The fourth-order valence-corrected chi connectivity index (χ4v) is 5.81. The first kappa shape index (κ1) is 22.6. The number of benzene rings is 1. The topological polar surface area (TPSA) is 91.6 Å². The van der Waals surface area contributed by atoms with Crippen LogP contribution in [-0.4, -0.2) is 70.1 Å². The monoisotopic (exact) mass is 433 g/mol. The quantitative estimate of drug-likeness (QED) is 0.614. The number of hydrogen-bond donors (Lipinski definition) is 3. The van der Waals surface area contributed by atoms with Gasteiger partial charge in [-0.2, -0.15) is 0 Å². The van der Waals surface area contributed by atoms with E-state index in [-0.39, 0.29) is 12.8 Å². The molecule has 2 heterocycles. The molecule has 0 amide bonds. The summed E-state index contributed by atoms with van der Waals surface area (Å²) in [6, 6.07) is 5.62. The van der Waals surface area contributed by atoms with E-state index in [9.17, 15) is 15.3 Å². The van der Waals surface area contributed by atoms with Crippen LogP contribution in [0.25, 0.3) is 0 Å². The van der Waals surface area contributed by atoms with Crippen molar-refractivity contribution in [3.8, 4) is 11.5 Å². The number of ether oxygens (including phenoxy) is 3. The van der Waals surface area contributed by atoms with Crippen molar-refractivity contribution >= 4 is 0 Å². The van der Waals surface area contributed by atoms with Gasteiger partial charge in [0.2, 0.25) is 6.79 Å². The van der Waals surface area contributed by atoms with Crippen molar-refractivity contribution in [2.75, 3.05) is 20.4 Å². The van der Waals surface area contributed by atoms with Crippen LogP contribution in [0.4, 0.5) is 0 Å². The third-order valence-corrected chi connectivity index (χ3v) is 7.23. The molecule has 0 aromatic heterocycles. The normalized spacial score (nSPS) is 37.4. The van der Waals surface area contributed by atoms with Crippen molar-refractivity contribution in [3.63, 3.8) is 0 Å². The molecule has 3 N–H and O–H groups in total. The molecule has 172 valence electrons. The molecular formula is C24H35NO6.